The number of tetrazole rings is 1. The Morgan fingerprint density at radius 3 is 2.77 bits per heavy atom. The molecule has 2 atom stereocenters. The summed E-state index contributed by atoms with van der Waals surface area (Å²) >= 11 is 0. The van der Waals surface area contributed by atoms with Gasteiger partial charge >= 0.3 is 5.92 Å². The van der Waals surface area contributed by atoms with Gasteiger partial charge in [0, 0.05) is 18.5 Å². The van der Waals surface area contributed by atoms with Gasteiger partial charge in [0.1, 0.15) is 12.7 Å². The zero-order valence-electron chi connectivity index (χ0n) is 17.2. The molecule has 10 heteroatoms. The van der Waals surface area contributed by atoms with E-state index in [1.807, 2.05) is 0 Å². The number of aromatic nitrogens is 4. The lowest BCUT2D eigenvalue weighted by Gasteiger charge is -2.34. The van der Waals surface area contributed by atoms with Crippen LogP contribution in [0.5, 0.6) is 0 Å². The fraction of sp³-hybridized carbons (Fsp3) is 0.524. The van der Waals surface area contributed by atoms with Crippen LogP contribution >= 0.6 is 0 Å². The van der Waals surface area contributed by atoms with Crippen molar-refractivity contribution in [3.63, 3.8) is 0 Å². The average molecular weight is 435 g/mol. The van der Waals surface area contributed by atoms with E-state index in [4.69, 9.17) is 4.74 Å². The number of nitrogens with zero attached hydrogens (tertiary/aromatic N) is 4. The highest BCUT2D eigenvalue weighted by Gasteiger charge is 2.39. The molecule has 0 bridgehead atoms. The largest absolute Gasteiger partial charge is 0.382 e. The number of hydrogen-bond acceptors (Lipinski definition) is 6. The summed E-state index contributed by atoms with van der Waals surface area (Å²) in [5.41, 5.74) is -0.263. The molecule has 2 aromatic rings. The molecule has 8 nitrogen and oxygen atoms in total. The van der Waals surface area contributed by atoms with E-state index in [1.54, 1.807) is 11.0 Å². The average Bonchev–Trinajstić information content (AvgIpc) is 3.29. The molecular formula is C21H27F2N5O3. The number of carbonyl (C=O) groups is 1. The molecule has 0 aliphatic carbocycles. The number of benzene rings is 1. The van der Waals surface area contributed by atoms with Crippen molar-refractivity contribution in [3.8, 4) is 0 Å². The third-order valence-electron chi connectivity index (χ3n) is 5.22. The maximum Gasteiger partial charge on any atom is 0.302 e. The van der Waals surface area contributed by atoms with Crippen molar-refractivity contribution in [2.24, 2.45) is 0 Å². The van der Waals surface area contributed by atoms with Crippen LogP contribution in [0, 0.1) is 0 Å². The number of amides is 1. The van der Waals surface area contributed by atoms with E-state index in [0.29, 0.717) is 12.4 Å². The van der Waals surface area contributed by atoms with Gasteiger partial charge in [0.05, 0.1) is 12.6 Å². The third-order valence-corrected chi connectivity index (χ3v) is 5.22. The first-order valence-corrected chi connectivity index (χ1v) is 10.4. The van der Waals surface area contributed by atoms with Crippen LogP contribution in [0.1, 0.15) is 37.1 Å². The monoisotopic (exact) mass is 435 g/mol. The van der Waals surface area contributed by atoms with Crippen molar-refractivity contribution in [1.29, 1.82) is 0 Å². The van der Waals surface area contributed by atoms with Crippen molar-refractivity contribution < 1.29 is 23.4 Å². The van der Waals surface area contributed by atoms with Crippen LogP contribution in [-0.4, -0.2) is 68.4 Å². The first-order chi connectivity index (χ1) is 15.0. The second-order valence-corrected chi connectivity index (χ2v) is 7.48. The van der Waals surface area contributed by atoms with Gasteiger partial charge in [-0.25, -0.2) is 0 Å². The molecule has 0 unspecified atom stereocenters. The second-order valence-electron chi connectivity index (χ2n) is 7.48. The Hall–Kier alpha value is -2.72. The topological polar surface area (TPSA) is 104 Å². The highest BCUT2D eigenvalue weighted by atomic mass is 19.3. The summed E-state index contributed by atoms with van der Waals surface area (Å²) in [4.78, 5) is 13.9. The van der Waals surface area contributed by atoms with Crippen molar-refractivity contribution in [2.75, 3.05) is 19.8 Å². The summed E-state index contributed by atoms with van der Waals surface area (Å²) in [6.45, 7) is 0.694. The van der Waals surface area contributed by atoms with Crippen LogP contribution in [0.15, 0.2) is 42.5 Å². The molecule has 0 saturated carbocycles. The standard InChI is InChI=1S/C21H27F2N5O3/c22-21(23,16-8-4-3-5-9-16)18(29)12-11-17-14-31-15-20(30)28(17)13-7-2-1-6-10-19-24-26-27-25-19/h3-5,8-9,11-12,17-18,29H,1-2,6-7,10,13-15H2,(H,24,25,26,27)/b12-11+/t17-,18-/m0/s1. The van der Waals surface area contributed by atoms with Crippen molar-refractivity contribution in [1.82, 2.24) is 25.5 Å². The summed E-state index contributed by atoms with van der Waals surface area (Å²) in [6, 6.07) is 6.69. The van der Waals surface area contributed by atoms with Crippen molar-refractivity contribution in [3.05, 3.63) is 53.9 Å². The Morgan fingerprint density at radius 2 is 2.03 bits per heavy atom. The number of alkyl halides is 2. The molecule has 168 valence electrons. The number of aryl methyl sites for hydroxylation is 1. The minimum atomic E-state index is -3.43. The van der Waals surface area contributed by atoms with Crippen LogP contribution in [0.2, 0.25) is 0 Å². The molecule has 1 aromatic carbocycles. The Labute approximate surface area is 179 Å². The van der Waals surface area contributed by atoms with E-state index in [0.717, 1.165) is 38.2 Å². The fourth-order valence-corrected chi connectivity index (χ4v) is 3.47. The van der Waals surface area contributed by atoms with E-state index < -0.39 is 18.1 Å². The lowest BCUT2D eigenvalue weighted by Crippen LogP contribution is -2.49. The van der Waals surface area contributed by atoms with E-state index in [9.17, 15) is 18.7 Å². The summed E-state index contributed by atoms with van der Waals surface area (Å²) < 4.78 is 34.2. The normalized spacial score (nSPS) is 18.6. The van der Waals surface area contributed by atoms with E-state index in [1.165, 1.54) is 30.3 Å². The van der Waals surface area contributed by atoms with Crippen molar-refractivity contribution >= 4 is 5.91 Å². The van der Waals surface area contributed by atoms with Gasteiger partial charge in [-0.05, 0) is 12.8 Å². The predicted octanol–water partition coefficient (Wildman–Crippen LogP) is 2.24. The number of halogens is 2. The minimum absolute atomic E-state index is 0.0229. The summed E-state index contributed by atoms with van der Waals surface area (Å²) in [5.74, 6) is -2.93. The third kappa shape index (κ3) is 6.38. The maximum absolute atomic E-state index is 14.5. The van der Waals surface area contributed by atoms with Gasteiger partial charge in [-0.2, -0.15) is 14.0 Å². The zero-order valence-corrected chi connectivity index (χ0v) is 17.2. The number of hydrogen-bond donors (Lipinski definition) is 2. The van der Waals surface area contributed by atoms with E-state index in [2.05, 4.69) is 20.6 Å². The summed E-state index contributed by atoms with van der Waals surface area (Å²) in [6.07, 6.45) is 4.80. The Bertz CT molecular complexity index is 833. The van der Waals surface area contributed by atoms with Crippen LogP contribution in [0.25, 0.3) is 0 Å². The molecule has 1 amide bonds. The van der Waals surface area contributed by atoms with Gasteiger partial charge < -0.3 is 14.7 Å². The van der Waals surface area contributed by atoms with Crippen LogP contribution in [-0.2, 0) is 21.9 Å². The summed E-state index contributed by atoms with van der Waals surface area (Å²) in [7, 11) is 0. The smallest absolute Gasteiger partial charge is 0.302 e. The van der Waals surface area contributed by atoms with Gasteiger partial charge in [-0.1, -0.05) is 60.5 Å². The maximum atomic E-state index is 14.5. The number of unbranched alkanes of at least 4 members (excludes halogenated alkanes) is 3. The zero-order chi connectivity index (χ0) is 22.1. The molecule has 1 aromatic heterocycles. The van der Waals surface area contributed by atoms with Gasteiger partial charge in [0.15, 0.2) is 5.82 Å². The number of rotatable bonds is 11. The lowest BCUT2D eigenvalue weighted by atomic mass is 10.0. The van der Waals surface area contributed by atoms with E-state index >= 15 is 0 Å². The molecule has 1 aliphatic rings. The van der Waals surface area contributed by atoms with Crippen LogP contribution in [0.3, 0.4) is 0 Å². The molecule has 1 fully saturated rings. The molecule has 2 N–H and O–H groups in total. The SMILES string of the molecule is O=C1COC[C@H](/C=C/[C@H](O)C(F)(F)c2ccccc2)N1CCCCCCc1nn[nH]n1. The number of nitrogens with one attached hydrogen (secondary N) is 1. The highest BCUT2D eigenvalue weighted by Crippen LogP contribution is 2.32. The second kappa shape index (κ2) is 11.1. The van der Waals surface area contributed by atoms with Gasteiger partial charge in [0.2, 0.25) is 5.91 Å². The molecule has 3 rings (SSSR count). The van der Waals surface area contributed by atoms with Crippen LogP contribution < -0.4 is 0 Å². The number of ether oxygens (including phenoxy) is 1. The van der Waals surface area contributed by atoms with Gasteiger partial charge in [-0.3, -0.25) is 4.79 Å². The van der Waals surface area contributed by atoms with E-state index in [-0.39, 0.29) is 24.7 Å². The molecule has 1 aliphatic heterocycles. The summed E-state index contributed by atoms with van der Waals surface area (Å²) in [5, 5.41) is 23.8. The quantitative estimate of drug-likeness (QED) is 0.414. The molecular weight excluding hydrogens is 408 g/mol. The first-order valence-electron chi connectivity index (χ1n) is 10.4. The number of aliphatic hydroxyl groups is 1. The molecule has 2 heterocycles. The number of H-pyrrole nitrogens is 1. The number of aliphatic hydroxyl groups excluding tert-OH is 1. The molecule has 31 heavy (non-hydrogen) atoms. The van der Waals surface area contributed by atoms with Gasteiger partial charge in [0.25, 0.3) is 0 Å². The molecule has 0 radical (unpaired) electrons. The van der Waals surface area contributed by atoms with Gasteiger partial charge in [-0.15, -0.1) is 10.2 Å². The minimum Gasteiger partial charge on any atom is -0.382 e. The highest BCUT2D eigenvalue weighted by molar-refractivity contribution is 5.78. The molecule has 0 spiro atoms. The lowest BCUT2D eigenvalue weighted by molar-refractivity contribution is -0.146. The first kappa shape index (κ1) is 23.0. The fourth-order valence-electron chi connectivity index (χ4n) is 3.47. The Morgan fingerprint density at radius 1 is 1.26 bits per heavy atom. The number of morpholine rings is 1. The van der Waals surface area contributed by atoms with Crippen molar-refractivity contribution in [2.45, 2.75) is 50.2 Å². The number of aromatic amines is 1. The number of carbonyl (C=O) groups excluding carboxylic acids is 1. The Kier molecular flexibility index (Phi) is 8.19. The predicted molar refractivity (Wildman–Crippen MR) is 108 cm³/mol. The van der Waals surface area contributed by atoms with Crippen LogP contribution in [0.4, 0.5) is 8.78 Å². The Balaban J connectivity index is 1.49. The molecule has 1 saturated heterocycles.